The lowest BCUT2D eigenvalue weighted by molar-refractivity contribution is -0.142. The highest BCUT2D eigenvalue weighted by Crippen LogP contribution is 2.58. The smallest absolute Gasteiger partial charge is 0.225 e. The van der Waals surface area contributed by atoms with Gasteiger partial charge in [-0.1, -0.05) is 45.0 Å². The molecular weight excluding hydrogens is 336 g/mol. The second-order valence-corrected chi connectivity index (χ2v) is 9.49. The Balaban J connectivity index is 1.28. The second-order valence-electron chi connectivity index (χ2n) is 9.49. The van der Waals surface area contributed by atoms with Gasteiger partial charge < -0.3 is 10.2 Å². The van der Waals surface area contributed by atoms with Crippen molar-refractivity contribution in [1.82, 2.24) is 10.2 Å². The molecule has 2 aliphatic carbocycles. The molecule has 4 nitrogen and oxygen atoms in total. The van der Waals surface area contributed by atoms with Crippen molar-refractivity contribution in [3.8, 4) is 0 Å². The Hall–Kier alpha value is -1.84. The zero-order valence-corrected chi connectivity index (χ0v) is 17.0. The highest BCUT2D eigenvalue weighted by Gasteiger charge is 2.58. The first-order valence-electron chi connectivity index (χ1n) is 10.5. The number of likely N-dealkylation sites (tertiary alicyclic amines) is 1. The predicted molar refractivity (Wildman–Crippen MR) is 106 cm³/mol. The molecule has 0 bridgehead atoms. The third kappa shape index (κ3) is 3.39. The Labute approximate surface area is 162 Å². The van der Waals surface area contributed by atoms with E-state index in [1.54, 1.807) is 0 Å². The third-order valence-corrected chi connectivity index (χ3v) is 7.00. The molecule has 1 N–H and O–H groups in total. The van der Waals surface area contributed by atoms with Gasteiger partial charge in [-0.3, -0.25) is 9.59 Å². The minimum absolute atomic E-state index is 0.0807. The highest BCUT2D eigenvalue weighted by molar-refractivity contribution is 5.82. The van der Waals surface area contributed by atoms with E-state index in [0.717, 1.165) is 25.9 Å². The fourth-order valence-corrected chi connectivity index (χ4v) is 5.29. The topological polar surface area (TPSA) is 49.4 Å². The van der Waals surface area contributed by atoms with Crippen LogP contribution in [0.4, 0.5) is 0 Å². The normalized spacial score (nSPS) is 34.2. The van der Waals surface area contributed by atoms with Gasteiger partial charge in [-0.05, 0) is 54.6 Å². The molecule has 1 aliphatic heterocycles. The van der Waals surface area contributed by atoms with Crippen molar-refractivity contribution in [2.45, 2.75) is 64.3 Å². The van der Waals surface area contributed by atoms with E-state index in [1.807, 2.05) is 6.92 Å². The van der Waals surface area contributed by atoms with Crippen molar-refractivity contribution in [2.75, 3.05) is 13.1 Å². The molecule has 4 heteroatoms. The van der Waals surface area contributed by atoms with Gasteiger partial charge in [0.1, 0.15) is 0 Å². The van der Waals surface area contributed by atoms with Crippen LogP contribution in [0.15, 0.2) is 24.3 Å². The van der Waals surface area contributed by atoms with Gasteiger partial charge in [0.05, 0.1) is 0 Å². The number of hydrogen-bond donors (Lipinski definition) is 1. The van der Waals surface area contributed by atoms with Crippen molar-refractivity contribution < 1.29 is 9.59 Å². The molecule has 1 aromatic carbocycles. The van der Waals surface area contributed by atoms with Gasteiger partial charge in [0, 0.05) is 31.0 Å². The van der Waals surface area contributed by atoms with Crippen LogP contribution in [0.5, 0.6) is 0 Å². The zero-order valence-electron chi connectivity index (χ0n) is 17.0. The number of piperidine rings is 1. The number of amides is 2. The summed E-state index contributed by atoms with van der Waals surface area (Å²) in [5.41, 5.74) is 2.65. The fraction of sp³-hybridized carbons (Fsp3) is 0.652. The molecule has 2 amide bonds. The van der Waals surface area contributed by atoms with Crippen LogP contribution >= 0.6 is 0 Å². The number of nitrogens with one attached hydrogen (secondary N) is 1. The summed E-state index contributed by atoms with van der Waals surface area (Å²) in [6.07, 6.45) is 2.07. The van der Waals surface area contributed by atoms with Gasteiger partial charge in [-0.25, -0.2) is 0 Å². The Morgan fingerprint density at radius 1 is 1.15 bits per heavy atom. The first-order valence-corrected chi connectivity index (χ1v) is 10.5. The summed E-state index contributed by atoms with van der Waals surface area (Å²) < 4.78 is 0. The molecule has 0 spiro atoms. The van der Waals surface area contributed by atoms with E-state index in [9.17, 15) is 9.59 Å². The zero-order chi connectivity index (χ0) is 19.3. The maximum atomic E-state index is 12.8. The first kappa shape index (κ1) is 18.5. The van der Waals surface area contributed by atoms with Gasteiger partial charge >= 0.3 is 0 Å². The van der Waals surface area contributed by atoms with E-state index in [1.165, 1.54) is 11.1 Å². The summed E-state index contributed by atoms with van der Waals surface area (Å²) in [7, 11) is 0. The van der Waals surface area contributed by atoms with Crippen molar-refractivity contribution in [3.05, 3.63) is 35.4 Å². The molecule has 1 saturated heterocycles. The van der Waals surface area contributed by atoms with Crippen molar-refractivity contribution in [2.24, 2.45) is 17.8 Å². The lowest BCUT2D eigenvalue weighted by Gasteiger charge is -2.46. The lowest BCUT2D eigenvalue weighted by Crippen LogP contribution is -2.58. The van der Waals surface area contributed by atoms with Gasteiger partial charge in [0.2, 0.25) is 11.8 Å². The summed E-state index contributed by atoms with van der Waals surface area (Å²) in [5.74, 6) is 2.98. The van der Waals surface area contributed by atoms with Crippen LogP contribution in [0.3, 0.4) is 0 Å². The van der Waals surface area contributed by atoms with E-state index in [-0.39, 0.29) is 17.4 Å². The molecule has 4 rings (SSSR count). The molecule has 146 valence electrons. The second kappa shape index (κ2) is 6.65. The van der Waals surface area contributed by atoms with E-state index in [2.05, 4.69) is 55.3 Å². The van der Waals surface area contributed by atoms with E-state index >= 15 is 0 Å². The molecule has 0 unspecified atom stereocenters. The third-order valence-electron chi connectivity index (χ3n) is 7.00. The monoisotopic (exact) mass is 368 g/mol. The summed E-state index contributed by atoms with van der Waals surface area (Å²) >= 11 is 0. The van der Waals surface area contributed by atoms with E-state index < -0.39 is 0 Å². The Bertz CT molecular complexity index is 721. The lowest BCUT2D eigenvalue weighted by atomic mass is 9.68. The summed E-state index contributed by atoms with van der Waals surface area (Å²) in [4.78, 5) is 26.5. The number of hydrogen-bond acceptors (Lipinski definition) is 2. The molecule has 0 aromatic heterocycles. The standard InChI is InChI=1S/C23H32N2O2/c1-5-20(26)24-23(4)10-17(11-23)22(27)25-12-18-19(13-25)21(18)16-8-6-15(7-9-16)14(2)3/h6-9,14,17-19,21H,5,10-13H2,1-4H3,(H,24,26)/t17-,18-,19+,21+,23+. The molecule has 1 heterocycles. The summed E-state index contributed by atoms with van der Waals surface area (Å²) in [6, 6.07) is 9.10. The fourth-order valence-electron chi connectivity index (χ4n) is 5.29. The number of rotatable bonds is 5. The minimum Gasteiger partial charge on any atom is -0.351 e. The van der Waals surface area contributed by atoms with Gasteiger partial charge in [0.15, 0.2) is 0 Å². The quantitative estimate of drug-likeness (QED) is 0.862. The van der Waals surface area contributed by atoms with Gasteiger partial charge in [-0.15, -0.1) is 0 Å². The Kier molecular flexibility index (Phi) is 4.56. The first-order chi connectivity index (χ1) is 12.8. The predicted octanol–water partition coefficient (Wildman–Crippen LogP) is 3.68. The minimum atomic E-state index is -0.184. The van der Waals surface area contributed by atoms with Crippen LogP contribution in [0.1, 0.15) is 69.9 Å². The SMILES string of the molecule is CCC(=O)N[C@]1(C)C[C@H](C(=O)N2C[C@@H]3[C@H](C2)[C@H]3c2ccc(C(C)C)cc2)C1. The number of carbonyl (C=O) groups is 2. The van der Waals surface area contributed by atoms with E-state index in [0.29, 0.717) is 36.0 Å². The maximum Gasteiger partial charge on any atom is 0.225 e. The largest absolute Gasteiger partial charge is 0.351 e. The Morgan fingerprint density at radius 3 is 2.26 bits per heavy atom. The van der Waals surface area contributed by atoms with E-state index in [4.69, 9.17) is 0 Å². The Morgan fingerprint density at radius 2 is 1.74 bits per heavy atom. The van der Waals surface area contributed by atoms with Crippen molar-refractivity contribution >= 4 is 11.8 Å². The number of benzene rings is 1. The molecule has 1 aromatic rings. The van der Waals surface area contributed by atoms with Gasteiger partial charge in [-0.2, -0.15) is 0 Å². The van der Waals surface area contributed by atoms with Crippen LogP contribution in [0.25, 0.3) is 0 Å². The molecule has 0 radical (unpaired) electrons. The number of carbonyl (C=O) groups excluding carboxylic acids is 2. The highest BCUT2D eigenvalue weighted by atomic mass is 16.2. The number of nitrogens with zero attached hydrogens (tertiary/aromatic N) is 1. The van der Waals surface area contributed by atoms with Crippen molar-refractivity contribution in [3.63, 3.8) is 0 Å². The molecule has 3 atom stereocenters. The average Bonchev–Trinajstić information content (AvgIpc) is 3.12. The van der Waals surface area contributed by atoms with Crippen LogP contribution in [0, 0.1) is 17.8 Å². The average molecular weight is 369 g/mol. The molecule has 3 fully saturated rings. The summed E-state index contributed by atoms with van der Waals surface area (Å²) in [5, 5.41) is 3.07. The maximum absolute atomic E-state index is 12.8. The van der Waals surface area contributed by atoms with Gasteiger partial charge in [0.25, 0.3) is 0 Å². The number of fused-ring (bicyclic) bond motifs is 1. The van der Waals surface area contributed by atoms with Crippen LogP contribution < -0.4 is 5.32 Å². The van der Waals surface area contributed by atoms with Crippen LogP contribution in [-0.2, 0) is 9.59 Å². The molecule has 27 heavy (non-hydrogen) atoms. The molecule has 3 aliphatic rings. The molecule has 2 saturated carbocycles. The van der Waals surface area contributed by atoms with Crippen molar-refractivity contribution in [1.29, 1.82) is 0 Å². The van der Waals surface area contributed by atoms with Crippen LogP contribution in [0.2, 0.25) is 0 Å². The summed E-state index contributed by atoms with van der Waals surface area (Å²) in [6.45, 7) is 10.2. The molecular formula is C23H32N2O2. The van der Waals surface area contributed by atoms with Crippen LogP contribution in [-0.4, -0.2) is 35.3 Å².